The zero-order chi connectivity index (χ0) is 19.8. The molecule has 2 N–H and O–H groups in total. The number of urea groups is 1. The van der Waals surface area contributed by atoms with Crippen molar-refractivity contribution in [1.29, 1.82) is 0 Å². The van der Waals surface area contributed by atoms with Gasteiger partial charge in [-0.15, -0.1) is 0 Å². The predicted molar refractivity (Wildman–Crippen MR) is 106 cm³/mol. The largest absolute Gasteiger partial charge is 0.354 e. The molecule has 0 atom stereocenters. The molecule has 1 aromatic rings. The normalized spacial score (nSPS) is 28.8. The first kappa shape index (κ1) is 19.0. The van der Waals surface area contributed by atoms with E-state index in [0.29, 0.717) is 25.3 Å². The SMILES string of the molecule is CC1CCC2(CC1)NC(=O)N(CC(=O)NCC1(c3ccccc3)CCC1)C2=O. The molecular formula is C22H29N3O3. The molecule has 28 heavy (non-hydrogen) atoms. The molecule has 2 saturated carbocycles. The Morgan fingerprint density at radius 3 is 2.43 bits per heavy atom. The molecule has 6 nitrogen and oxygen atoms in total. The number of rotatable bonds is 5. The zero-order valence-electron chi connectivity index (χ0n) is 16.5. The second kappa shape index (κ2) is 7.22. The minimum atomic E-state index is -0.789. The highest BCUT2D eigenvalue weighted by molar-refractivity contribution is 6.09. The second-order valence-corrected chi connectivity index (χ2v) is 8.86. The molecule has 1 saturated heterocycles. The summed E-state index contributed by atoms with van der Waals surface area (Å²) < 4.78 is 0. The minimum absolute atomic E-state index is 0.0189. The number of hydrogen-bond donors (Lipinski definition) is 2. The maximum Gasteiger partial charge on any atom is 0.325 e. The number of nitrogens with zero attached hydrogens (tertiary/aromatic N) is 1. The van der Waals surface area contributed by atoms with Gasteiger partial charge >= 0.3 is 6.03 Å². The van der Waals surface area contributed by atoms with Crippen LogP contribution in [0.25, 0.3) is 0 Å². The van der Waals surface area contributed by atoms with E-state index in [1.807, 2.05) is 18.2 Å². The van der Waals surface area contributed by atoms with Crippen molar-refractivity contribution in [3.63, 3.8) is 0 Å². The topological polar surface area (TPSA) is 78.5 Å². The van der Waals surface area contributed by atoms with Gasteiger partial charge in [-0.25, -0.2) is 4.79 Å². The van der Waals surface area contributed by atoms with E-state index >= 15 is 0 Å². The van der Waals surface area contributed by atoms with Crippen molar-refractivity contribution in [2.45, 2.75) is 62.8 Å². The molecule has 1 aliphatic heterocycles. The van der Waals surface area contributed by atoms with Gasteiger partial charge in [0.1, 0.15) is 12.1 Å². The Kier molecular flexibility index (Phi) is 4.89. The minimum Gasteiger partial charge on any atom is -0.354 e. The average Bonchev–Trinajstić information content (AvgIpc) is 2.89. The fourth-order valence-corrected chi connectivity index (χ4v) is 4.84. The van der Waals surface area contributed by atoms with Crippen LogP contribution >= 0.6 is 0 Å². The lowest BCUT2D eigenvalue weighted by Gasteiger charge is -2.42. The molecule has 1 spiro atoms. The van der Waals surface area contributed by atoms with Gasteiger partial charge < -0.3 is 10.6 Å². The molecule has 1 heterocycles. The molecule has 3 fully saturated rings. The Morgan fingerprint density at radius 2 is 1.82 bits per heavy atom. The fourth-order valence-electron chi connectivity index (χ4n) is 4.84. The third-order valence-corrected chi connectivity index (χ3v) is 7.00. The lowest BCUT2D eigenvalue weighted by atomic mass is 9.64. The van der Waals surface area contributed by atoms with Crippen molar-refractivity contribution < 1.29 is 14.4 Å². The van der Waals surface area contributed by atoms with Crippen LogP contribution in [0.5, 0.6) is 0 Å². The molecule has 150 valence electrons. The Balaban J connectivity index is 1.36. The van der Waals surface area contributed by atoms with Crippen molar-refractivity contribution in [3.05, 3.63) is 35.9 Å². The van der Waals surface area contributed by atoms with E-state index in [0.717, 1.165) is 37.0 Å². The maximum absolute atomic E-state index is 12.9. The summed E-state index contributed by atoms with van der Waals surface area (Å²) in [6, 6.07) is 9.82. The van der Waals surface area contributed by atoms with Gasteiger partial charge in [0.05, 0.1) is 0 Å². The molecule has 2 aliphatic carbocycles. The van der Waals surface area contributed by atoms with Crippen LogP contribution in [0.3, 0.4) is 0 Å². The Bertz CT molecular complexity index is 764. The van der Waals surface area contributed by atoms with Gasteiger partial charge in [0.2, 0.25) is 5.91 Å². The van der Waals surface area contributed by atoms with Crippen LogP contribution < -0.4 is 10.6 Å². The van der Waals surface area contributed by atoms with E-state index in [1.54, 1.807) is 0 Å². The molecule has 4 rings (SSSR count). The van der Waals surface area contributed by atoms with E-state index in [1.165, 1.54) is 5.56 Å². The van der Waals surface area contributed by atoms with Gasteiger partial charge in [-0.1, -0.05) is 43.7 Å². The molecule has 0 bridgehead atoms. The van der Waals surface area contributed by atoms with E-state index in [2.05, 4.69) is 29.7 Å². The summed E-state index contributed by atoms with van der Waals surface area (Å²) in [4.78, 5) is 38.9. The molecule has 1 aromatic carbocycles. The number of amides is 4. The van der Waals surface area contributed by atoms with Crippen LogP contribution in [0.15, 0.2) is 30.3 Å². The van der Waals surface area contributed by atoms with Crippen molar-refractivity contribution in [2.75, 3.05) is 13.1 Å². The second-order valence-electron chi connectivity index (χ2n) is 8.86. The van der Waals surface area contributed by atoms with E-state index < -0.39 is 11.6 Å². The predicted octanol–water partition coefficient (Wildman–Crippen LogP) is 2.73. The van der Waals surface area contributed by atoms with Crippen LogP contribution in [-0.4, -0.2) is 41.4 Å². The zero-order valence-corrected chi connectivity index (χ0v) is 16.5. The molecule has 0 aromatic heterocycles. The lowest BCUT2D eigenvalue weighted by Crippen LogP contribution is -2.50. The summed E-state index contributed by atoms with van der Waals surface area (Å²) in [7, 11) is 0. The lowest BCUT2D eigenvalue weighted by molar-refractivity contribution is -0.136. The highest BCUT2D eigenvalue weighted by Gasteiger charge is 2.52. The van der Waals surface area contributed by atoms with Gasteiger partial charge in [-0.3, -0.25) is 14.5 Å². The molecule has 6 heteroatoms. The van der Waals surface area contributed by atoms with E-state index in [9.17, 15) is 14.4 Å². The van der Waals surface area contributed by atoms with Crippen molar-refractivity contribution >= 4 is 17.8 Å². The molecular weight excluding hydrogens is 354 g/mol. The summed E-state index contributed by atoms with van der Waals surface area (Å²) in [5.41, 5.74) is 0.435. The van der Waals surface area contributed by atoms with Gasteiger partial charge in [0.15, 0.2) is 0 Å². The Labute approximate surface area is 166 Å². The monoisotopic (exact) mass is 383 g/mol. The van der Waals surface area contributed by atoms with Crippen LogP contribution in [0, 0.1) is 5.92 Å². The van der Waals surface area contributed by atoms with E-state index in [-0.39, 0.29) is 23.8 Å². The van der Waals surface area contributed by atoms with Crippen LogP contribution in [-0.2, 0) is 15.0 Å². The smallest absolute Gasteiger partial charge is 0.325 e. The first-order valence-electron chi connectivity index (χ1n) is 10.4. The number of benzene rings is 1. The highest BCUT2D eigenvalue weighted by Crippen LogP contribution is 2.43. The van der Waals surface area contributed by atoms with Crippen LogP contribution in [0.4, 0.5) is 4.79 Å². The molecule has 0 radical (unpaired) electrons. The van der Waals surface area contributed by atoms with Gasteiger partial charge in [0, 0.05) is 12.0 Å². The summed E-state index contributed by atoms with van der Waals surface area (Å²) in [6.07, 6.45) is 6.40. The molecule has 0 unspecified atom stereocenters. The summed E-state index contributed by atoms with van der Waals surface area (Å²) >= 11 is 0. The first-order chi connectivity index (χ1) is 13.4. The standard InChI is InChI=1S/C22H29N3O3/c1-16-8-12-22(13-9-16)19(27)25(20(28)24-22)14-18(26)23-15-21(10-5-11-21)17-6-3-2-4-7-17/h2-4,6-7,16H,5,8-15H2,1H3,(H,23,26)(H,24,28). The third kappa shape index (κ3) is 3.29. The number of carbonyl (C=O) groups excluding carboxylic acids is 3. The van der Waals surface area contributed by atoms with Crippen molar-refractivity contribution in [1.82, 2.24) is 15.5 Å². The fraction of sp³-hybridized carbons (Fsp3) is 0.591. The van der Waals surface area contributed by atoms with Gasteiger partial charge in [-0.2, -0.15) is 0 Å². The third-order valence-electron chi connectivity index (χ3n) is 7.00. The van der Waals surface area contributed by atoms with Crippen molar-refractivity contribution in [2.24, 2.45) is 5.92 Å². The average molecular weight is 383 g/mol. The molecule has 4 amide bonds. The Morgan fingerprint density at radius 1 is 1.14 bits per heavy atom. The Hall–Kier alpha value is -2.37. The van der Waals surface area contributed by atoms with Gasteiger partial charge in [-0.05, 0) is 50.0 Å². The van der Waals surface area contributed by atoms with E-state index in [4.69, 9.17) is 0 Å². The summed E-state index contributed by atoms with van der Waals surface area (Å²) in [6.45, 7) is 2.51. The molecule has 3 aliphatic rings. The summed E-state index contributed by atoms with van der Waals surface area (Å²) in [5.74, 6) is 0.0669. The van der Waals surface area contributed by atoms with Gasteiger partial charge in [0.25, 0.3) is 5.91 Å². The van der Waals surface area contributed by atoms with Crippen LogP contribution in [0.1, 0.15) is 57.4 Å². The quantitative estimate of drug-likeness (QED) is 0.768. The highest BCUT2D eigenvalue weighted by atomic mass is 16.2. The summed E-state index contributed by atoms with van der Waals surface area (Å²) in [5, 5.41) is 5.85. The number of carbonyl (C=O) groups is 3. The number of imide groups is 1. The van der Waals surface area contributed by atoms with Crippen molar-refractivity contribution in [3.8, 4) is 0 Å². The first-order valence-corrected chi connectivity index (χ1v) is 10.4. The van der Waals surface area contributed by atoms with Crippen LogP contribution in [0.2, 0.25) is 0 Å². The number of nitrogens with one attached hydrogen (secondary N) is 2. The maximum atomic E-state index is 12.9. The number of hydrogen-bond acceptors (Lipinski definition) is 3.